The number of hydrogen-bond donors (Lipinski definition) is 1. The molecule has 1 amide bonds. The molecule has 0 saturated carbocycles. The van der Waals surface area contributed by atoms with E-state index in [1.807, 2.05) is 19.1 Å². The lowest BCUT2D eigenvalue weighted by atomic mass is 9.94. The fourth-order valence-corrected chi connectivity index (χ4v) is 3.01. The summed E-state index contributed by atoms with van der Waals surface area (Å²) >= 11 is 0. The van der Waals surface area contributed by atoms with Crippen LogP contribution in [0.25, 0.3) is 0 Å². The molecule has 23 heavy (non-hydrogen) atoms. The van der Waals surface area contributed by atoms with Gasteiger partial charge < -0.3 is 14.4 Å². The highest BCUT2D eigenvalue weighted by Crippen LogP contribution is 2.37. The first-order chi connectivity index (χ1) is 11.1. The number of benzene rings is 1. The number of fused-ring (bicyclic) bond motifs is 2. The number of carbonyl (C=O) groups is 1. The third-order valence-electron chi connectivity index (χ3n) is 4.24. The van der Waals surface area contributed by atoms with Crippen molar-refractivity contribution in [3.05, 3.63) is 51.4 Å². The molecule has 2 aromatic rings. The summed E-state index contributed by atoms with van der Waals surface area (Å²) < 4.78 is 10.8. The molecule has 3 heterocycles. The van der Waals surface area contributed by atoms with Crippen molar-refractivity contribution in [2.75, 3.05) is 6.79 Å². The number of aromatic nitrogens is 2. The standard InChI is InChI=1S/C16H15N3O4/c1-9-4-10-5-13-14(23-8-22-13)6-11(10)7-19(9)16(21)12-2-3-15(20)18-17-12/h2-3,5-6,9H,4,7-8H2,1H3,(H,18,20). The summed E-state index contributed by atoms with van der Waals surface area (Å²) in [6.07, 6.45) is 0.737. The van der Waals surface area contributed by atoms with E-state index in [1.165, 1.54) is 17.7 Å². The van der Waals surface area contributed by atoms with Crippen molar-refractivity contribution in [2.24, 2.45) is 0 Å². The first-order valence-electron chi connectivity index (χ1n) is 7.40. The van der Waals surface area contributed by atoms with Crippen molar-refractivity contribution in [1.82, 2.24) is 15.1 Å². The molecule has 7 nitrogen and oxygen atoms in total. The Morgan fingerprint density at radius 2 is 2.00 bits per heavy atom. The van der Waals surface area contributed by atoms with Crippen molar-refractivity contribution in [1.29, 1.82) is 0 Å². The Bertz CT molecular complexity index is 825. The molecule has 0 radical (unpaired) electrons. The monoisotopic (exact) mass is 313 g/mol. The average Bonchev–Trinajstić information content (AvgIpc) is 2.99. The molecule has 0 bridgehead atoms. The fraction of sp³-hybridized carbons (Fsp3) is 0.312. The van der Waals surface area contributed by atoms with Crippen LogP contribution in [0, 0.1) is 0 Å². The molecule has 2 aliphatic rings. The van der Waals surface area contributed by atoms with E-state index >= 15 is 0 Å². The molecule has 118 valence electrons. The molecule has 0 fully saturated rings. The summed E-state index contributed by atoms with van der Waals surface area (Å²) in [7, 11) is 0. The molecule has 1 N–H and O–H groups in total. The summed E-state index contributed by atoms with van der Waals surface area (Å²) in [6.45, 7) is 2.71. The van der Waals surface area contributed by atoms with Crippen LogP contribution in [0.15, 0.2) is 29.1 Å². The minimum absolute atomic E-state index is 0.0316. The molecular formula is C16H15N3O4. The van der Waals surface area contributed by atoms with Crippen LogP contribution in [0.4, 0.5) is 0 Å². The Labute approximate surface area is 131 Å². The highest BCUT2D eigenvalue weighted by atomic mass is 16.7. The molecule has 1 aromatic carbocycles. The molecule has 0 saturated heterocycles. The molecular weight excluding hydrogens is 298 g/mol. The predicted octanol–water partition coefficient (Wildman–Crippen LogP) is 1.09. The Morgan fingerprint density at radius 3 is 2.70 bits per heavy atom. The first-order valence-corrected chi connectivity index (χ1v) is 7.40. The van der Waals surface area contributed by atoms with E-state index in [1.54, 1.807) is 4.90 Å². The van der Waals surface area contributed by atoms with Crippen molar-refractivity contribution in [3.8, 4) is 11.5 Å². The largest absolute Gasteiger partial charge is 0.454 e. The van der Waals surface area contributed by atoms with Gasteiger partial charge in [-0.2, -0.15) is 5.10 Å². The van der Waals surface area contributed by atoms with Crippen LogP contribution >= 0.6 is 0 Å². The smallest absolute Gasteiger partial charge is 0.274 e. The summed E-state index contributed by atoms with van der Waals surface area (Å²) in [5, 5.41) is 6.13. The molecule has 1 unspecified atom stereocenters. The van der Waals surface area contributed by atoms with Crippen LogP contribution in [-0.4, -0.2) is 33.8 Å². The number of H-pyrrole nitrogens is 1. The highest BCUT2D eigenvalue weighted by molar-refractivity contribution is 5.92. The number of amides is 1. The van der Waals surface area contributed by atoms with Gasteiger partial charge in [-0.1, -0.05) is 0 Å². The summed E-state index contributed by atoms with van der Waals surface area (Å²) in [5.74, 6) is 1.28. The van der Waals surface area contributed by atoms with Gasteiger partial charge in [-0.3, -0.25) is 9.59 Å². The zero-order valence-corrected chi connectivity index (χ0v) is 12.5. The molecule has 0 spiro atoms. The van der Waals surface area contributed by atoms with E-state index in [0.717, 1.165) is 17.7 Å². The zero-order chi connectivity index (χ0) is 16.0. The number of nitrogens with zero attached hydrogens (tertiary/aromatic N) is 2. The number of nitrogens with one attached hydrogen (secondary N) is 1. The number of carbonyl (C=O) groups excluding carboxylic acids is 1. The second-order valence-corrected chi connectivity index (χ2v) is 5.77. The van der Waals surface area contributed by atoms with E-state index in [2.05, 4.69) is 10.2 Å². The molecule has 7 heteroatoms. The molecule has 2 aliphatic heterocycles. The molecule has 0 aliphatic carbocycles. The maximum Gasteiger partial charge on any atom is 0.274 e. The van der Waals surface area contributed by atoms with E-state index in [4.69, 9.17) is 9.47 Å². The highest BCUT2D eigenvalue weighted by Gasteiger charge is 2.30. The van der Waals surface area contributed by atoms with E-state index in [-0.39, 0.29) is 30.0 Å². The fourth-order valence-electron chi connectivity index (χ4n) is 3.01. The van der Waals surface area contributed by atoms with Gasteiger partial charge in [0, 0.05) is 18.7 Å². The topological polar surface area (TPSA) is 84.5 Å². The van der Waals surface area contributed by atoms with Gasteiger partial charge in [0.2, 0.25) is 6.79 Å². The van der Waals surface area contributed by atoms with Gasteiger partial charge in [-0.15, -0.1) is 0 Å². The second-order valence-electron chi connectivity index (χ2n) is 5.77. The van der Waals surface area contributed by atoms with Crippen LogP contribution in [0.1, 0.15) is 28.5 Å². The lowest BCUT2D eigenvalue weighted by Crippen LogP contribution is -2.43. The number of ether oxygens (including phenoxy) is 2. The minimum atomic E-state index is -0.328. The first kappa shape index (κ1) is 13.8. The van der Waals surface area contributed by atoms with Gasteiger partial charge >= 0.3 is 0 Å². The Morgan fingerprint density at radius 1 is 1.26 bits per heavy atom. The number of rotatable bonds is 1. The van der Waals surface area contributed by atoms with Crippen LogP contribution in [-0.2, 0) is 13.0 Å². The van der Waals surface area contributed by atoms with Gasteiger partial charge in [-0.05, 0) is 42.7 Å². The van der Waals surface area contributed by atoms with Gasteiger partial charge in [0.25, 0.3) is 11.5 Å². The van der Waals surface area contributed by atoms with Crippen molar-refractivity contribution >= 4 is 5.91 Å². The minimum Gasteiger partial charge on any atom is -0.454 e. The number of hydrogen-bond acceptors (Lipinski definition) is 5. The van der Waals surface area contributed by atoms with Crippen molar-refractivity contribution < 1.29 is 14.3 Å². The Hall–Kier alpha value is -2.83. The summed E-state index contributed by atoms with van der Waals surface area (Å²) in [6, 6.07) is 6.71. The molecule has 1 aromatic heterocycles. The molecule has 1 atom stereocenters. The van der Waals surface area contributed by atoms with Gasteiger partial charge in [0.15, 0.2) is 11.5 Å². The van der Waals surface area contributed by atoms with Crippen molar-refractivity contribution in [3.63, 3.8) is 0 Å². The average molecular weight is 313 g/mol. The van der Waals surface area contributed by atoms with Gasteiger partial charge in [0.05, 0.1) is 0 Å². The lowest BCUT2D eigenvalue weighted by Gasteiger charge is -2.34. The Kier molecular flexibility index (Phi) is 3.07. The predicted molar refractivity (Wildman–Crippen MR) is 80.5 cm³/mol. The number of aromatic amines is 1. The maximum atomic E-state index is 12.7. The van der Waals surface area contributed by atoms with Gasteiger partial charge in [-0.25, -0.2) is 5.10 Å². The normalized spacial score (nSPS) is 18.7. The molecule has 4 rings (SSSR count). The van der Waals surface area contributed by atoms with Crippen LogP contribution in [0.5, 0.6) is 11.5 Å². The summed E-state index contributed by atoms with van der Waals surface area (Å²) in [4.78, 5) is 25.5. The van der Waals surface area contributed by atoms with Crippen LogP contribution in [0.2, 0.25) is 0 Å². The van der Waals surface area contributed by atoms with E-state index in [9.17, 15) is 9.59 Å². The van der Waals surface area contributed by atoms with Crippen LogP contribution < -0.4 is 15.0 Å². The Balaban J connectivity index is 1.65. The third kappa shape index (κ3) is 2.34. The second kappa shape index (κ2) is 5.12. The van der Waals surface area contributed by atoms with Crippen LogP contribution in [0.3, 0.4) is 0 Å². The quantitative estimate of drug-likeness (QED) is 0.852. The van der Waals surface area contributed by atoms with E-state index < -0.39 is 0 Å². The van der Waals surface area contributed by atoms with E-state index in [0.29, 0.717) is 12.3 Å². The summed E-state index contributed by atoms with van der Waals surface area (Å²) in [5.41, 5.74) is 2.12. The van der Waals surface area contributed by atoms with Gasteiger partial charge in [0.1, 0.15) is 5.69 Å². The SMILES string of the molecule is CC1Cc2cc3c(cc2CN1C(=O)c1ccc(=O)[nH]n1)OCO3. The third-order valence-corrected chi connectivity index (χ3v) is 4.24. The zero-order valence-electron chi connectivity index (χ0n) is 12.5. The maximum absolute atomic E-state index is 12.7. The van der Waals surface area contributed by atoms with Crippen molar-refractivity contribution in [2.45, 2.75) is 25.9 Å². The lowest BCUT2D eigenvalue weighted by molar-refractivity contribution is 0.0650.